The molecule has 0 aliphatic carbocycles. The highest BCUT2D eigenvalue weighted by molar-refractivity contribution is 7.99. The highest BCUT2D eigenvalue weighted by Gasteiger charge is 2.14. The molecule has 0 spiro atoms. The third-order valence-electron chi connectivity index (χ3n) is 3.50. The van der Waals surface area contributed by atoms with Crippen LogP contribution in [-0.4, -0.2) is 21.2 Å². The summed E-state index contributed by atoms with van der Waals surface area (Å²) in [5.41, 5.74) is 4.26. The molecule has 0 aliphatic heterocycles. The highest BCUT2D eigenvalue weighted by atomic mass is 32.2. The molecule has 6 nitrogen and oxygen atoms in total. The van der Waals surface area contributed by atoms with E-state index in [0.717, 1.165) is 5.56 Å². The number of nitrogens with two attached hydrogens (primary N) is 1. The summed E-state index contributed by atoms with van der Waals surface area (Å²) in [5.74, 6) is 4.87. The SMILES string of the molecule is Cc1cccc(-n2c(SCC(=O)NN)nc3ccccc3c2=O)c1. The molecule has 0 saturated heterocycles. The monoisotopic (exact) mass is 340 g/mol. The van der Waals surface area contributed by atoms with Gasteiger partial charge < -0.3 is 0 Å². The molecule has 0 atom stereocenters. The van der Waals surface area contributed by atoms with Gasteiger partial charge in [-0.3, -0.25) is 19.6 Å². The molecule has 122 valence electrons. The van der Waals surface area contributed by atoms with E-state index in [4.69, 9.17) is 5.84 Å². The number of nitrogens with one attached hydrogen (secondary N) is 1. The molecule has 3 N–H and O–H groups in total. The second-order valence-corrected chi connectivity index (χ2v) is 6.19. The van der Waals surface area contributed by atoms with Crippen LogP contribution < -0.4 is 16.8 Å². The number of carbonyl (C=O) groups is 1. The Hall–Kier alpha value is -2.64. The highest BCUT2D eigenvalue weighted by Crippen LogP contribution is 2.21. The van der Waals surface area contributed by atoms with Crippen LogP contribution in [0, 0.1) is 6.92 Å². The zero-order valence-electron chi connectivity index (χ0n) is 13.0. The zero-order valence-corrected chi connectivity index (χ0v) is 13.8. The molecule has 3 aromatic rings. The van der Waals surface area contributed by atoms with Crippen LogP contribution in [0.15, 0.2) is 58.5 Å². The Balaban J connectivity index is 2.21. The number of carbonyl (C=O) groups excluding carboxylic acids is 1. The maximum atomic E-state index is 13.0. The third-order valence-corrected chi connectivity index (χ3v) is 4.44. The number of amides is 1. The Morgan fingerprint density at radius 1 is 1.25 bits per heavy atom. The Morgan fingerprint density at radius 3 is 2.79 bits per heavy atom. The van der Waals surface area contributed by atoms with Crippen LogP contribution in [0.3, 0.4) is 0 Å². The van der Waals surface area contributed by atoms with Gasteiger partial charge in [-0.15, -0.1) is 0 Å². The van der Waals surface area contributed by atoms with Gasteiger partial charge in [0.25, 0.3) is 5.56 Å². The first kappa shape index (κ1) is 16.2. The van der Waals surface area contributed by atoms with E-state index in [1.54, 1.807) is 18.2 Å². The molecule has 0 bridgehead atoms. The average Bonchev–Trinajstić information content (AvgIpc) is 2.59. The number of rotatable bonds is 4. The van der Waals surface area contributed by atoms with Gasteiger partial charge in [0.05, 0.1) is 22.3 Å². The number of aryl methyl sites for hydroxylation is 1. The van der Waals surface area contributed by atoms with Crippen LogP contribution in [0.2, 0.25) is 0 Å². The largest absolute Gasteiger partial charge is 0.294 e. The van der Waals surface area contributed by atoms with Gasteiger partial charge >= 0.3 is 0 Å². The van der Waals surface area contributed by atoms with Crippen LogP contribution in [0.25, 0.3) is 16.6 Å². The Bertz CT molecular complexity index is 968. The summed E-state index contributed by atoms with van der Waals surface area (Å²) in [6, 6.07) is 14.8. The van der Waals surface area contributed by atoms with Gasteiger partial charge in [0, 0.05) is 0 Å². The molecule has 7 heteroatoms. The van der Waals surface area contributed by atoms with Crippen molar-refractivity contribution in [2.45, 2.75) is 12.1 Å². The number of para-hydroxylation sites is 1. The first-order valence-corrected chi connectivity index (χ1v) is 8.30. The number of aromatic nitrogens is 2. The van der Waals surface area contributed by atoms with E-state index in [1.807, 2.05) is 37.3 Å². The lowest BCUT2D eigenvalue weighted by molar-refractivity contribution is -0.118. The minimum Gasteiger partial charge on any atom is -0.294 e. The number of hydrogen-bond donors (Lipinski definition) is 2. The summed E-state index contributed by atoms with van der Waals surface area (Å²) in [5, 5.41) is 0.986. The number of thioether (sulfide) groups is 1. The Kier molecular flexibility index (Phi) is 4.64. The van der Waals surface area contributed by atoms with Crippen LogP contribution in [0.4, 0.5) is 0 Å². The van der Waals surface area contributed by atoms with Gasteiger partial charge in [-0.25, -0.2) is 10.8 Å². The van der Waals surface area contributed by atoms with Crippen LogP contribution >= 0.6 is 11.8 Å². The minimum absolute atomic E-state index is 0.0765. The van der Waals surface area contributed by atoms with Gasteiger partial charge in [-0.1, -0.05) is 36.0 Å². The molecule has 1 aromatic heterocycles. The van der Waals surface area contributed by atoms with Crippen LogP contribution in [0.5, 0.6) is 0 Å². The third kappa shape index (κ3) is 3.17. The van der Waals surface area contributed by atoms with Gasteiger partial charge in [-0.2, -0.15) is 0 Å². The van der Waals surface area contributed by atoms with Gasteiger partial charge in [0.15, 0.2) is 5.16 Å². The predicted molar refractivity (Wildman–Crippen MR) is 95.1 cm³/mol. The van der Waals surface area contributed by atoms with Crippen molar-refractivity contribution in [3.8, 4) is 5.69 Å². The standard InChI is InChI=1S/C17H16N4O2S/c1-11-5-4-6-12(9-11)21-16(23)13-7-2-3-8-14(13)19-17(21)24-10-15(22)20-18/h2-9H,10,18H2,1H3,(H,20,22). The van der Waals surface area contributed by atoms with Crippen molar-refractivity contribution in [1.29, 1.82) is 0 Å². The van der Waals surface area contributed by atoms with E-state index in [-0.39, 0.29) is 17.2 Å². The van der Waals surface area contributed by atoms with Crippen LogP contribution in [-0.2, 0) is 4.79 Å². The van der Waals surface area contributed by atoms with Crippen molar-refractivity contribution in [3.63, 3.8) is 0 Å². The number of hydrazine groups is 1. The lowest BCUT2D eigenvalue weighted by Crippen LogP contribution is -2.32. The lowest BCUT2D eigenvalue weighted by Gasteiger charge is -2.13. The summed E-state index contributed by atoms with van der Waals surface area (Å²) in [7, 11) is 0. The summed E-state index contributed by atoms with van der Waals surface area (Å²) in [4.78, 5) is 29.0. The quantitative estimate of drug-likeness (QED) is 0.248. The summed E-state index contributed by atoms with van der Waals surface area (Å²) in [6.45, 7) is 1.96. The smallest absolute Gasteiger partial charge is 0.266 e. The summed E-state index contributed by atoms with van der Waals surface area (Å²) >= 11 is 1.17. The van der Waals surface area contributed by atoms with Gasteiger partial charge in [-0.05, 0) is 36.8 Å². The lowest BCUT2D eigenvalue weighted by atomic mass is 10.2. The van der Waals surface area contributed by atoms with Crippen molar-refractivity contribution < 1.29 is 4.79 Å². The average molecular weight is 340 g/mol. The first-order chi connectivity index (χ1) is 11.6. The second-order valence-electron chi connectivity index (χ2n) is 5.25. The molecule has 0 saturated carbocycles. The molecule has 0 fully saturated rings. The number of fused-ring (bicyclic) bond motifs is 1. The number of nitrogens with zero attached hydrogens (tertiary/aromatic N) is 2. The van der Waals surface area contributed by atoms with Crippen molar-refractivity contribution in [2.24, 2.45) is 5.84 Å². The number of benzene rings is 2. The fourth-order valence-corrected chi connectivity index (χ4v) is 3.20. The van der Waals surface area contributed by atoms with E-state index >= 15 is 0 Å². The predicted octanol–water partition coefficient (Wildman–Crippen LogP) is 1.78. The molecule has 0 aliphatic rings. The Morgan fingerprint density at radius 2 is 2.04 bits per heavy atom. The fourth-order valence-electron chi connectivity index (χ4n) is 2.38. The zero-order chi connectivity index (χ0) is 17.1. The van der Waals surface area contributed by atoms with Crippen molar-refractivity contribution in [1.82, 2.24) is 15.0 Å². The molecule has 2 aromatic carbocycles. The summed E-state index contributed by atoms with van der Waals surface area (Å²) < 4.78 is 1.53. The van der Waals surface area contributed by atoms with Gasteiger partial charge in [0.2, 0.25) is 5.91 Å². The molecule has 1 amide bonds. The Labute approximate surface area is 142 Å². The van der Waals surface area contributed by atoms with E-state index < -0.39 is 0 Å². The van der Waals surface area contributed by atoms with E-state index in [1.165, 1.54) is 16.3 Å². The molecular formula is C17H16N4O2S. The molecule has 3 rings (SSSR count). The normalized spacial score (nSPS) is 10.8. The topological polar surface area (TPSA) is 90.0 Å². The first-order valence-electron chi connectivity index (χ1n) is 7.31. The molecule has 0 unspecified atom stereocenters. The fraction of sp³-hybridized carbons (Fsp3) is 0.118. The molecule has 0 radical (unpaired) electrons. The number of hydrogen-bond acceptors (Lipinski definition) is 5. The second kappa shape index (κ2) is 6.86. The van der Waals surface area contributed by atoms with E-state index in [2.05, 4.69) is 10.4 Å². The molecule has 24 heavy (non-hydrogen) atoms. The van der Waals surface area contributed by atoms with Crippen molar-refractivity contribution >= 4 is 28.6 Å². The maximum Gasteiger partial charge on any atom is 0.266 e. The van der Waals surface area contributed by atoms with Crippen molar-refractivity contribution in [2.75, 3.05) is 5.75 Å². The maximum absolute atomic E-state index is 13.0. The van der Waals surface area contributed by atoms with E-state index in [0.29, 0.717) is 21.7 Å². The van der Waals surface area contributed by atoms with Crippen molar-refractivity contribution in [3.05, 3.63) is 64.4 Å². The minimum atomic E-state index is -0.335. The van der Waals surface area contributed by atoms with E-state index in [9.17, 15) is 9.59 Å². The summed E-state index contributed by atoms with van der Waals surface area (Å²) in [6.07, 6.45) is 0. The molecule has 1 heterocycles. The van der Waals surface area contributed by atoms with Gasteiger partial charge in [0.1, 0.15) is 0 Å². The van der Waals surface area contributed by atoms with Crippen LogP contribution in [0.1, 0.15) is 5.56 Å². The molecular weight excluding hydrogens is 324 g/mol.